The molecule has 2 amide bonds. The molecule has 35 heavy (non-hydrogen) atoms. The third-order valence-corrected chi connectivity index (χ3v) is 4.12. The lowest BCUT2D eigenvalue weighted by Crippen LogP contribution is -2.31. The molecule has 210 valence electrons. The van der Waals surface area contributed by atoms with E-state index in [2.05, 4.69) is 10.6 Å². The van der Waals surface area contributed by atoms with E-state index in [0.717, 1.165) is 0 Å². The van der Waals surface area contributed by atoms with Crippen LogP contribution >= 0.6 is 0 Å². The van der Waals surface area contributed by atoms with Crippen molar-refractivity contribution in [2.75, 3.05) is 107 Å². The molecule has 0 fully saturated rings. The van der Waals surface area contributed by atoms with Crippen molar-refractivity contribution in [2.45, 2.75) is 27.7 Å². The lowest BCUT2D eigenvalue weighted by molar-refractivity contribution is -0.125. The average Bonchev–Trinajstić information content (AvgIpc) is 2.83. The minimum atomic E-state index is 0.0152. The Morgan fingerprint density at radius 2 is 0.743 bits per heavy atom. The number of rotatable bonds is 23. The van der Waals surface area contributed by atoms with Crippen molar-refractivity contribution < 1.29 is 42.7 Å². The first-order valence-electron chi connectivity index (χ1n) is 12.3. The predicted molar refractivity (Wildman–Crippen MR) is 134 cm³/mol. The van der Waals surface area contributed by atoms with E-state index in [1.54, 1.807) is 14.2 Å². The van der Waals surface area contributed by atoms with Crippen molar-refractivity contribution in [3.8, 4) is 0 Å². The zero-order chi connectivity index (χ0) is 26.6. The molecule has 0 heterocycles. The molecule has 0 atom stereocenters. The van der Waals surface area contributed by atoms with Gasteiger partial charge in [-0.05, 0) is 0 Å². The van der Waals surface area contributed by atoms with Gasteiger partial charge in [0.15, 0.2) is 0 Å². The normalized spacial score (nSPS) is 10.9. The highest BCUT2D eigenvalue weighted by molar-refractivity contribution is 5.78. The van der Waals surface area contributed by atoms with Crippen LogP contribution in [0.15, 0.2) is 0 Å². The minimum absolute atomic E-state index is 0.0152. The second-order valence-electron chi connectivity index (χ2n) is 7.94. The molecule has 0 rings (SSSR count). The molecule has 2 N–H and O–H groups in total. The zero-order valence-corrected chi connectivity index (χ0v) is 22.7. The van der Waals surface area contributed by atoms with E-state index < -0.39 is 0 Å². The largest absolute Gasteiger partial charge is 0.382 e. The lowest BCUT2D eigenvalue weighted by atomic mass is 10.2. The summed E-state index contributed by atoms with van der Waals surface area (Å²) < 4.78 is 36.0. The molecule has 11 nitrogen and oxygen atoms in total. The monoisotopic (exact) mass is 510 g/mol. The summed E-state index contributed by atoms with van der Waals surface area (Å²) in [5, 5.41) is 5.54. The molecule has 0 aliphatic carbocycles. The van der Waals surface area contributed by atoms with Crippen LogP contribution in [-0.4, -0.2) is 118 Å². The topological polar surface area (TPSA) is 123 Å². The van der Waals surface area contributed by atoms with Crippen molar-refractivity contribution in [3.05, 3.63) is 0 Å². The average molecular weight is 511 g/mol. The number of nitrogens with one attached hydrogen (secondary N) is 2. The van der Waals surface area contributed by atoms with Gasteiger partial charge in [-0.15, -0.1) is 0 Å². The SMILES string of the molecule is COCCOCCOCCNC(=O)C(C)C.COCCOCCOCCOCCNC(=O)C(C)C. The fourth-order valence-corrected chi connectivity index (χ4v) is 2.05. The third kappa shape index (κ3) is 30.6. The van der Waals surface area contributed by atoms with Crippen LogP contribution in [-0.2, 0) is 42.7 Å². The predicted octanol–water partition coefficient (Wildman–Crippen LogP) is 0.893. The van der Waals surface area contributed by atoms with Crippen LogP contribution in [0.2, 0.25) is 0 Å². The van der Waals surface area contributed by atoms with E-state index in [0.29, 0.717) is 92.4 Å². The van der Waals surface area contributed by atoms with Gasteiger partial charge in [0.1, 0.15) is 0 Å². The van der Waals surface area contributed by atoms with Crippen LogP contribution < -0.4 is 10.6 Å². The van der Waals surface area contributed by atoms with Crippen molar-refractivity contribution in [3.63, 3.8) is 0 Å². The Bertz CT molecular complexity index is 466. The van der Waals surface area contributed by atoms with Crippen molar-refractivity contribution in [1.82, 2.24) is 10.6 Å². The molecule has 0 aromatic carbocycles. The first-order chi connectivity index (χ1) is 16.9. The van der Waals surface area contributed by atoms with Crippen molar-refractivity contribution in [1.29, 1.82) is 0 Å². The van der Waals surface area contributed by atoms with E-state index in [9.17, 15) is 9.59 Å². The highest BCUT2D eigenvalue weighted by Gasteiger charge is 2.05. The third-order valence-electron chi connectivity index (χ3n) is 4.12. The molecule has 0 saturated carbocycles. The van der Waals surface area contributed by atoms with Crippen molar-refractivity contribution >= 4 is 11.8 Å². The molecule has 0 aromatic heterocycles. The quantitative estimate of drug-likeness (QED) is 0.193. The standard InChI is InChI=1S/C13H27NO5.C11H23NO4/c1-12(2)13(15)14-4-5-17-8-9-19-11-10-18-7-6-16-3;1-10(2)11(13)12-4-5-15-8-9-16-7-6-14-3/h12H,4-11H2,1-3H3,(H,14,15);10H,4-9H2,1-3H3,(H,12,13). The second-order valence-corrected chi connectivity index (χ2v) is 7.94. The van der Waals surface area contributed by atoms with Crippen LogP contribution in [0, 0.1) is 11.8 Å². The van der Waals surface area contributed by atoms with Gasteiger partial charge in [0.2, 0.25) is 11.8 Å². The fourth-order valence-electron chi connectivity index (χ4n) is 2.05. The Hall–Kier alpha value is -1.34. The van der Waals surface area contributed by atoms with Crippen molar-refractivity contribution in [2.24, 2.45) is 11.8 Å². The molecular formula is C24H50N2O9. The number of hydrogen-bond acceptors (Lipinski definition) is 9. The van der Waals surface area contributed by atoms with Gasteiger partial charge in [-0.3, -0.25) is 9.59 Å². The summed E-state index contributed by atoms with van der Waals surface area (Å²) in [6.07, 6.45) is 0. The molecule has 0 saturated heterocycles. The van der Waals surface area contributed by atoms with Crippen LogP contribution in [0.1, 0.15) is 27.7 Å². The Kier molecular flexibility index (Phi) is 29.6. The first-order valence-corrected chi connectivity index (χ1v) is 12.3. The lowest BCUT2D eigenvalue weighted by Gasteiger charge is -2.08. The molecule has 0 aliphatic rings. The summed E-state index contributed by atoms with van der Waals surface area (Å²) >= 11 is 0. The van der Waals surface area contributed by atoms with Gasteiger partial charge in [0.05, 0.1) is 79.3 Å². The number of carbonyl (C=O) groups is 2. The summed E-state index contributed by atoms with van der Waals surface area (Å²) in [6.45, 7) is 15.2. The summed E-state index contributed by atoms with van der Waals surface area (Å²) in [5.41, 5.74) is 0. The fraction of sp³-hybridized carbons (Fsp3) is 0.917. The van der Waals surface area contributed by atoms with Gasteiger partial charge in [-0.25, -0.2) is 0 Å². The molecule has 0 radical (unpaired) electrons. The summed E-state index contributed by atoms with van der Waals surface area (Å²) in [5.74, 6) is 0.145. The number of amides is 2. The maximum absolute atomic E-state index is 11.2. The maximum atomic E-state index is 11.2. The first kappa shape index (κ1) is 35.8. The molecule has 11 heteroatoms. The van der Waals surface area contributed by atoms with Gasteiger partial charge >= 0.3 is 0 Å². The number of hydrogen-bond donors (Lipinski definition) is 2. The molecule has 0 spiro atoms. The Morgan fingerprint density at radius 3 is 1.00 bits per heavy atom. The molecular weight excluding hydrogens is 460 g/mol. The van der Waals surface area contributed by atoms with Crippen LogP contribution in [0.4, 0.5) is 0 Å². The van der Waals surface area contributed by atoms with E-state index in [1.165, 1.54) is 0 Å². The summed E-state index contributed by atoms with van der Waals surface area (Å²) in [7, 11) is 3.28. The number of carbonyl (C=O) groups excluding carboxylic acids is 2. The number of ether oxygens (including phenoxy) is 7. The van der Waals surface area contributed by atoms with E-state index in [-0.39, 0.29) is 23.7 Å². The van der Waals surface area contributed by atoms with E-state index in [4.69, 9.17) is 33.2 Å². The van der Waals surface area contributed by atoms with Gasteiger partial charge in [-0.1, -0.05) is 27.7 Å². The van der Waals surface area contributed by atoms with Crippen LogP contribution in [0.3, 0.4) is 0 Å². The highest BCUT2D eigenvalue weighted by atomic mass is 16.6. The molecule has 0 bridgehead atoms. The Labute approximate surface area is 211 Å². The van der Waals surface area contributed by atoms with E-state index in [1.807, 2.05) is 27.7 Å². The van der Waals surface area contributed by atoms with E-state index >= 15 is 0 Å². The molecule has 0 aromatic rings. The van der Waals surface area contributed by atoms with Gasteiger partial charge < -0.3 is 43.8 Å². The smallest absolute Gasteiger partial charge is 0.222 e. The number of methoxy groups -OCH3 is 2. The Morgan fingerprint density at radius 1 is 0.486 bits per heavy atom. The molecule has 0 unspecified atom stereocenters. The molecule has 0 aliphatic heterocycles. The van der Waals surface area contributed by atoms with Crippen LogP contribution in [0.5, 0.6) is 0 Å². The second kappa shape index (κ2) is 28.9. The zero-order valence-electron chi connectivity index (χ0n) is 22.7. The minimum Gasteiger partial charge on any atom is -0.382 e. The Balaban J connectivity index is 0. The van der Waals surface area contributed by atoms with Gasteiger partial charge in [0.25, 0.3) is 0 Å². The summed E-state index contributed by atoms with van der Waals surface area (Å²) in [4.78, 5) is 22.4. The van der Waals surface area contributed by atoms with Gasteiger partial charge in [0, 0.05) is 39.1 Å². The highest BCUT2D eigenvalue weighted by Crippen LogP contribution is 1.90. The summed E-state index contributed by atoms with van der Waals surface area (Å²) in [6, 6.07) is 0. The van der Waals surface area contributed by atoms with Crippen LogP contribution in [0.25, 0.3) is 0 Å². The maximum Gasteiger partial charge on any atom is 0.222 e. The van der Waals surface area contributed by atoms with Gasteiger partial charge in [-0.2, -0.15) is 0 Å².